The van der Waals surface area contributed by atoms with Crippen LogP contribution >= 0.6 is 0 Å². The minimum absolute atomic E-state index is 0.0345. The zero-order chi connectivity index (χ0) is 24.8. The lowest BCUT2D eigenvalue weighted by Gasteiger charge is -2.14. The Kier molecular flexibility index (Phi) is 6.00. The minimum atomic E-state index is -4.75. The largest absolute Gasteiger partial charge is 0.431 e. The van der Waals surface area contributed by atoms with Gasteiger partial charge in [-0.3, -0.25) is 14.0 Å². The van der Waals surface area contributed by atoms with Gasteiger partial charge in [-0.1, -0.05) is 12.1 Å². The molecule has 3 aromatic heterocycles. The molecule has 1 saturated carbocycles. The van der Waals surface area contributed by atoms with E-state index in [2.05, 4.69) is 15.1 Å². The second-order valence-electron chi connectivity index (χ2n) is 8.17. The fraction of sp³-hybridized carbons (Fsp3) is 0.429. The van der Waals surface area contributed by atoms with Crippen LogP contribution in [0, 0.1) is 0 Å². The molecule has 3 aromatic rings. The van der Waals surface area contributed by atoms with Crippen molar-refractivity contribution >= 4 is 21.7 Å². The SMILES string of the molecule is CCS(=O)(=O)c1cc(/C=N/OC(C)C)cnc1-c1cn2c(=O)n(C3CC3)c(C(F)(F)F)cc2n1. The van der Waals surface area contributed by atoms with Crippen molar-refractivity contribution in [2.45, 2.75) is 56.8 Å². The molecule has 0 N–H and O–H groups in total. The fourth-order valence-electron chi connectivity index (χ4n) is 3.41. The first kappa shape index (κ1) is 23.9. The van der Waals surface area contributed by atoms with Gasteiger partial charge in [0.2, 0.25) is 0 Å². The number of hydrogen-bond acceptors (Lipinski definition) is 7. The van der Waals surface area contributed by atoms with Gasteiger partial charge in [-0.25, -0.2) is 18.2 Å². The van der Waals surface area contributed by atoms with Crippen LogP contribution in [-0.4, -0.2) is 45.4 Å². The minimum Gasteiger partial charge on any atom is -0.393 e. The van der Waals surface area contributed by atoms with Gasteiger partial charge in [0.25, 0.3) is 0 Å². The van der Waals surface area contributed by atoms with E-state index in [0.29, 0.717) is 18.4 Å². The van der Waals surface area contributed by atoms with E-state index in [1.54, 1.807) is 13.8 Å². The molecule has 1 aliphatic carbocycles. The molecule has 0 saturated heterocycles. The second-order valence-corrected chi connectivity index (χ2v) is 10.4. The summed E-state index contributed by atoms with van der Waals surface area (Å²) in [7, 11) is -3.81. The average Bonchev–Trinajstić information content (AvgIpc) is 3.50. The topological polar surface area (TPSA) is 108 Å². The van der Waals surface area contributed by atoms with Crippen LogP contribution in [0.1, 0.15) is 50.9 Å². The lowest BCUT2D eigenvalue weighted by Crippen LogP contribution is -2.31. The molecule has 0 bridgehead atoms. The highest BCUT2D eigenvalue weighted by molar-refractivity contribution is 7.91. The quantitative estimate of drug-likeness (QED) is 0.365. The number of halogens is 3. The standard InChI is InChI=1S/C21H22F3N5O4S/c1-4-34(31,32)16-7-13(10-26-33-12(2)3)9-25-19(16)15-11-28-18(27-15)8-17(21(22,23)24)29(20(28)30)14-5-6-14/h7-12,14H,4-6H2,1-3H3/b26-10+. The first-order chi connectivity index (χ1) is 15.9. The summed E-state index contributed by atoms with van der Waals surface area (Å²) in [6.45, 7) is 5.00. The number of nitrogens with zero attached hydrogens (tertiary/aromatic N) is 5. The van der Waals surface area contributed by atoms with Crippen molar-refractivity contribution < 1.29 is 26.4 Å². The molecule has 0 spiro atoms. The normalized spacial score (nSPS) is 15.0. The van der Waals surface area contributed by atoms with E-state index in [9.17, 15) is 26.4 Å². The number of imidazole rings is 1. The van der Waals surface area contributed by atoms with Gasteiger partial charge in [0, 0.05) is 30.1 Å². The van der Waals surface area contributed by atoms with Crippen LogP contribution in [0.25, 0.3) is 17.0 Å². The molecule has 13 heteroatoms. The van der Waals surface area contributed by atoms with Crippen LogP contribution in [0.5, 0.6) is 0 Å². The van der Waals surface area contributed by atoms with Crippen LogP contribution in [0.2, 0.25) is 0 Å². The van der Waals surface area contributed by atoms with Crippen molar-refractivity contribution in [3.05, 3.63) is 46.3 Å². The molecule has 34 heavy (non-hydrogen) atoms. The average molecular weight is 497 g/mol. The van der Waals surface area contributed by atoms with E-state index in [1.807, 2.05) is 0 Å². The van der Waals surface area contributed by atoms with Gasteiger partial charge in [0.1, 0.15) is 28.8 Å². The molecule has 0 aromatic carbocycles. The fourth-order valence-corrected chi connectivity index (χ4v) is 4.49. The van der Waals surface area contributed by atoms with Gasteiger partial charge in [0.15, 0.2) is 9.84 Å². The molecule has 0 unspecified atom stereocenters. The first-order valence-corrected chi connectivity index (χ1v) is 12.2. The molecule has 1 aliphatic rings. The van der Waals surface area contributed by atoms with Crippen LogP contribution < -0.4 is 5.69 Å². The third-order valence-corrected chi connectivity index (χ3v) is 6.92. The Labute approximate surface area is 192 Å². The number of oxime groups is 1. The Bertz CT molecular complexity index is 1440. The highest BCUT2D eigenvalue weighted by atomic mass is 32.2. The van der Waals surface area contributed by atoms with Crippen molar-refractivity contribution in [3.8, 4) is 11.4 Å². The van der Waals surface area contributed by atoms with Crippen molar-refractivity contribution in [3.63, 3.8) is 0 Å². The molecule has 3 heterocycles. The summed E-state index contributed by atoms with van der Waals surface area (Å²) >= 11 is 0. The number of sulfone groups is 1. The molecular formula is C21H22F3N5O4S. The van der Waals surface area contributed by atoms with Gasteiger partial charge >= 0.3 is 11.9 Å². The van der Waals surface area contributed by atoms with Gasteiger partial charge in [-0.05, 0) is 32.8 Å². The molecule has 0 atom stereocenters. The van der Waals surface area contributed by atoms with E-state index in [0.717, 1.165) is 15.0 Å². The van der Waals surface area contributed by atoms with Gasteiger partial charge in [-0.2, -0.15) is 13.2 Å². The summed E-state index contributed by atoms with van der Waals surface area (Å²) < 4.78 is 68.2. The maximum absolute atomic E-state index is 13.6. The zero-order valence-electron chi connectivity index (χ0n) is 18.6. The maximum atomic E-state index is 13.6. The smallest absolute Gasteiger partial charge is 0.393 e. The predicted octanol–water partition coefficient (Wildman–Crippen LogP) is 3.46. The number of aromatic nitrogens is 4. The summed E-state index contributed by atoms with van der Waals surface area (Å²) in [5.41, 5.74) is -1.99. The zero-order valence-corrected chi connectivity index (χ0v) is 19.4. The maximum Gasteiger partial charge on any atom is 0.431 e. The number of hydrogen-bond donors (Lipinski definition) is 0. The molecule has 4 rings (SSSR count). The van der Waals surface area contributed by atoms with Crippen molar-refractivity contribution in [1.82, 2.24) is 18.9 Å². The lowest BCUT2D eigenvalue weighted by atomic mass is 10.2. The monoisotopic (exact) mass is 497 g/mol. The Morgan fingerprint density at radius 3 is 2.59 bits per heavy atom. The summed E-state index contributed by atoms with van der Waals surface area (Å²) in [5, 5.41) is 3.77. The number of alkyl halides is 3. The van der Waals surface area contributed by atoms with Crippen molar-refractivity contribution in [1.29, 1.82) is 0 Å². The number of pyridine rings is 1. The van der Waals surface area contributed by atoms with E-state index in [-0.39, 0.29) is 33.8 Å². The molecule has 0 aliphatic heterocycles. The van der Waals surface area contributed by atoms with Crippen LogP contribution in [0.15, 0.2) is 39.4 Å². The third kappa shape index (κ3) is 4.56. The molecule has 0 radical (unpaired) electrons. The Morgan fingerprint density at radius 2 is 2.00 bits per heavy atom. The van der Waals surface area contributed by atoms with Gasteiger partial charge in [0.05, 0.1) is 16.9 Å². The van der Waals surface area contributed by atoms with Crippen LogP contribution in [0.3, 0.4) is 0 Å². The van der Waals surface area contributed by atoms with Crippen molar-refractivity contribution in [2.24, 2.45) is 5.16 Å². The Hall–Kier alpha value is -3.22. The Morgan fingerprint density at radius 1 is 1.29 bits per heavy atom. The third-order valence-electron chi connectivity index (χ3n) is 5.18. The molecule has 1 fully saturated rings. The van der Waals surface area contributed by atoms with Crippen LogP contribution in [0.4, 0.5) is 13.2 Å². The highest BCUT2D eigenvalue weighted by Gasteiger charge is 2.40. The van der Waals surface area contributed by atoms with E-state index < -0.39 is 33.4 Å². The van der Waals surface area contributed by atoms with Gasteiger partial charge in [-0.15, -0.1) is 0 Å². The molecule has 182 valence electrons. The van der Waals surface area contributed by atoms with E-state index >= 15 is 0 Å². The second kappa shape index (κ2) is 8.53. The summed E-state index contributed by atoms with van der Waals surface area (Å²) in [6, 6.07) is 1.60. The number of rotatable bonds is 7. The summed E-state index contributed by atoms with van der Waals surface area (Å²) in [5.74, 6) is -0.245. The van der Waals surface area contributed by atoms with Crippen LogP contribution in [-0.2, 0) is 20.9 Å². The molecular weight excluding hydrogens is 475 g/mol. The summed E-state index contributed by atoms with van der Waals surface area (Å²) in [6.07, 6.45) is -0.127. The molecule has 9 nitrogen and oxygen atoms in total. The lowest BCUT2D eigenvalue weighted by molar-refractivity contribution is -0.144. The molecule has 0 amide bonds. The van der Waals surface area contributed by atoms with E-state index in [4.69, 9.17) is 4.84 Å². The van der Waals surface area contributed by atoms with Gasteiger partial charge < -0.3 is 4.84 Å². The predicted molar refractivity (Wildman–Crippen MR) is 117 cm³/mol. The summed E-state index contributed by atoms with van der Waals surface area (Å²) in [4.78, 5) is 26.1. The highest BCUT2D eigenvalue weighted by Crippen LogP contribution is 2.39. The van der Waals surface area contributed by atoms with Crippen molar-refractivity contribution in [2.75, 3.05) is 5.75 Å². The Balaban J connectivity index is 1.89. The number of fused-ring (bicyclic) bond motifs is 1. The first-order valence-electron chi connectivity index (χ1n) is 10.6. The van der Waals surface area contributed by atoms with E-state index in [1.165, 1.54) is 31.6 Å².